The van der Waals surface area contributed by atoms with Crippen molar-refractivity contribution in [3.05, 3.63) is 202 Å². The highest BCUT2D eigenvalue weighted by molar-refractivity contribution is 8.26. The van der Waals surface area contributed by atoms with Gasteiger partial charge in [0.25, 0.3) is 5.91 Å². The number of rotatable bonds is 10. The number of anilines is 5. The SMILES string of the molecule is CC1(C)c2ccccc2-c2ccc(N(c3ccc(C=NN(c4ccccc4)c4ccc(C=C5SC(=S)N(CC(=O)O)C5=O)cc4)cc3)c3ccc4c(c3)C(C)(C)c3ccccc3-4)cc21. The zero-order valence-corrected chi connectivity index (χ0v) is 37.5. The van der Waals surface area contributed by atoms with E-state index in [0.29, 0.717) is 4.91 Å². The number of carbonyl (C=O) groups is 2. The van der Waals surface area contributed by atoms with Gasteiger partial charge < -0.3 is 10.0 Å². The van der Waals surface area contributed by atoms with Crippen molar-refractivity contribution in [3.63, 3.8) is 0 Å². The van der Waals surface area contributed by atoms with Crippen LogP contribution in [0.5, 0.6) is 0 Å². The topological polar surface area (TPSA) is 76.4 Å². The Labute approximate surface area is 383 Å². The summed E-state index contributed by atoms with van der Waals surface area (Å²) in [5.41, 5.74) is 16.9. The maximum atomic E-state index is 12.9. The zero-order valence-electron chi connectivity index (χ0n) is 35.8. The predicted octanol–water partition coefficient (Wildman–Crippen LogP) is 13.2. The lowest BCUT2D eigenvalue weighted by molar-refractivity contribution is -0.140. The first-order chi connectivity index (χ1) is 30.9. The molecule has 0 unspecified atom stereocenters. The summed E-state index contributed by atoms with van der Waals surface area (Å²) < 4.78 is 0.234. The van der Waals surface area contributed by atoms with Crippen LogP contribution in [0.4, 0.5) is 28.4 Å². The number of thiocarbonyl (C=S) groups is 1. The third kappa shape index (κ3) is 7.11. The molecule has 9 heteroatoms. The summed E-state index contributed by atoms with van der Waals surface area (Å²) in [6.45, 7) is 8.84. The number of amides is 1. The fraction of sp³-hybridized carbons (Fsp3) is 0.127. The van der Waals surface area contributed by atoms with Crippen LogP contribution in [0.3, 0.4) is 0 Å². The number of carboxylic acids is 1. The molecule has 1 aliphatic heterocycles. The molecule has 1 amide bonds. The smallest absolute Gasteiger partial charge is 0.323 e. The Morgan fingerprint density at radius 1 is 0.609 bits per heavy atom. The monoisotopic (exact) mass is 872 g/mol. The molecule has 2 aliphatic carbocycles. The Morgan fingerprint density at radius 3 is 1.64 bits per heavy atom. The van der Waals surface area contributed by atoms with E-state index in [1.807, 2.05) is 65.8 Å². The molecular weight excluding hydrogens is 829 g/mol. The number of carbonyl (C=O) groups excluding carboxylic acids is 1. The first-order valence-corrected chi connectivity index (χ1v) is 22.5. The molecule has 7 aromatic carbocycles. The van der Waals surface area contributed by atoms with Gasteiger partial charge in [0.1, 0.15) is 10.9 Å². The summed E-state index contributed by atoms with van der Waals surface area (Å²) in [4.78, 5) is 28.0. The Hall–Kier alpha value is -7.07. The van der Waals surface area contributed by atoms with Crippen LogP contribution < -0.4 is 9.91 Å². The molecule has 10 rings (SSSR count). The second-order valence-corrected chi connectivity index (χ2v) is 19.0. The van der Waals surface area contributed by atoms with Crippen LogP contribution in [0.25, 0.3) is 28.3 Å². The molecular formula is C55H44N4O3S2. The summed E-state index contributed by atoms with van der Waals surface area (Å²) in [7, 11) is 0. The van der Waals surface area contributed by atoms with Crippen LogP contribution in [0.1, 0.15) is 61.1 Å². The predicted molar refractivity (Wildman–Crippen MR) is 266 cm³/mol. The average molecular weight is 873 g/mol. The van der Waals surface area contributed by atoms with Crippen molar-refractivity contribution >= 4 is 80.9 Å². The lowest BCUT2D eigenvalue weighted by Crippen LogP contribution is -2.33. The number of hydrazone groups is 1. The van der Waals surface area contributed by atoms with Crippen LogP contribution in [0, 0.1) is 0 Å². The van der Waals surface area contributed by atoms with Gasteiger partial charge in [0, 0.05) is 27.9 Å². The number of nitrogens with zero attached hydrogens (tertiary/aromatic N) is 4. The normalized spacial score (nSPS) is 15.9. The summed E-state index contributed by atoms with van der Waals surface area (Å²) in [5, 5.41) is 16.1. The molecule has 64 heavy (non-hydrogen) atoms. The van der Waals surface area contributed by atoms with E-state index in [2.05, 4.69) is 142 Å². The van der Waals surface area contributed by atoms with Gasteiger partial charge in [-0.1, -0.05) is 155 Å². The van der Waals surface area contributed by atoms with Gasteiger partial charge in [-0.2, -0.15) is 5.10 Å². The number of aliphatic carboxylic acids is 1. The van der Waals surface area contributed by atoms with Gasteiger partial charge in [0.05, 0.1) is 22.5 Å². The number of hydrogen-bond donors (Lipinski definition) is 1. The summed E-state index contributed by atoms with van der Waals surface area (Å²) in [6, 6.07) is 57.6. The van der Waals surface area contributed by atoms with E-state index < -0.39 is 18.4 Å². The minimum atomic E-state index is -1.11. The molecule has 0 spiro atoms. The van der Waals surface area contributed by atoms with Crippen molar-refractivity contribution in [2.75, 3.05) is 16.5 Å². The van der Waals surface area contributed by atoms with E-state index in [0.717, 1.165) is 56.2 Å². The molecule has 314 valence electrons. The molecule has 1 fully saturated rings. The maximum Gasteiger partial charge on any atom is 0.323 e. The van der Waals surface area contributed by atoms with Crippen LogP contribution in [-0.2, 0) is 20.4 Å². The van der Waals surface area contributed by atoms with Crippen molar-refractivity contribution < 1.29 is 14.7 Å². The Morgan fingerprint density at radius 2 is 1.08 bits per heavy atom. The van der Waals surface area contributed by atoms with Gasteiger partial charge in [0.15, 0.2) is 0 Å². The molecule has 0 aromatic heterocycles. The highest BCUT2D eigenvalue weighted by atomic mass is 32.2. The number of fused-ring (bicyclic) bond motifs is 6. The number of para-hydroxylation sites is 1. The Bertz CT molecular complexity index is 2980. The number of carboxylic acid groups (broad SMARTS) is 1. The number of hydrogen-bond acceptors (Lipinski definition) is 7. The van der Waals surface area contributed by atoms with Gasteiger partial charge in [0.2, 0.25) is 0 Å². The maximum absolute atomic E-state index is 12.9. The van der Waals surface area contributed by atoms with Gasteiger partial charge in [-0.25, -0.2) is 5.01 Å². The van der Waals surface area contributed by atoms with E-state index in [1.54, 1.807) is 6.08 Å². The van der Waals surface area contributed by atoms with Crippen LogP contribution >= 0.6 is 24.0 Å². The molecule has 0 radical (unpaired) electrons. The van der Waals surface area contributed by atoms with Crippen molar-refractivity contribution in [1.82, 2.24) is 4.90 Å². The lowest BCUT2D eigenvalue weighted by Gasteiger charge is -2.29. The van der Waals surface area contributed by atoms with Crippen molar-refractivity contribution in [1.29, 1.82) is 0 Å². The third-order valence-corrected chi connectivity index (χ3v) is 14.1. The molecule has 0 atom stereocenters. The molecule has 3 aliphatic rings. The average Bonchev–Trinajstić information content (AvgIpc) is 3.80. The quantitative estimate of drug-likeness (QED) is 0.0635. The molecule has 1 N–H and O–H groups in total. The number of thioether (sulfide) groups is 1. The molecule has 0 bridgehead atoms. The zero-order chi connectivity index (χ0) is 44.3. The number of benzene rings is 7. The summed E-state index contributed by atoms with van der Waals surface area (Å²) >= 11 is 6.38. The van der Waals surface area contributed by atoms with Crippen LogP contribution in [0.2, 0.25) is 0 Å². The Kier molecular flexibility index (Phi) is 10.2. The van der Waals surface area contributed by atoms with Gasteiger partial charge in [-0.05, 0) is 122 Å². The minimum absolute atomic E-state index is 0.148. The van der Waals surface area contributed by atoms with E-state index in [1.165, 1.54) is 44.5 Å². The minimum Gasteiger partial charge on any atom is -0.480 e. The fourth-order valence-electron chi connectivity index (χ4n) is 9.43. The van der Waals surface area contributed by atoms with E-state index in [-0.39, 0.29) is 15.2 Å². The van der Waals surface area contributed by atoms with Crippen molar-refractivity contribution in [2.45, 2.75) is 38.5 Å². The second-order valence-electron chi connectivity index (χ2n) is 17.4. The summed E-state index contributed by atoms with van der Waals surface area (Å²) in [5.74, 6) is -1.52. The molecule has 0 saturated carbocycles. The Balaban J connectivity index is 0.986. The molecule has 1 heterocycles. The van der Waals surface area contributed by atoms with Gasteiger partial charge in [-0.3, -0.25) is 14.5 Å². The van der Waals surface area contributed by atoms with Crippen LogP contribution in [0.15, 0.2) is 174 Å². The highest BCUT2D eigenvalue weighted by Crippen LogP contribution is 2.53. The third-order valence-electron chi connectivity index (χ3n) is 12.7. The van der Waals surface area contributed by atoms with Gasteiger partial charge >= 0.3 is 5.97 Å². The largest absolute Gasteiger partial charge is 0.480 e. The van der Waals surface area contributed by atoms with Crippen LogP contribution in [-0.4, -0.2) is 39.0 Å². The molecule has 1 saturated heterocycles. The lowest BCUT2D eigenvalue weighted by atomic mass is 9.82. The van der Waals surface area contributed by atoms with Crippen molar-refractivity contribution in [3.8, 4) is 22.3 Å². The first-order valence-electron chi connectivity index (χ1n) is 21.2. The summed E-state index contributed by atoms with van der Waals surface area (Å²) in [6.07, 6.45) is 3.60. The standard InChI is InChI=1S/C55H44N4O3S2/c1-54(2)46-16-10-8-14-42(46)44-28-26-40(31-48(44)54)58(41-27-29-45-43-15-9-11-17-47(43)55(3,4)49(45)32-41)37-22-20-36(21-23-37)33-56-59(38-12-6-5-7-13-38)39-24-18-35(19-25-39)30-50-52(62)57(34-51(60)61)53(63)64-50/h5-33H,34H2,1-4H3,(H,60,61). The molecule has 7 nitrogen and oxygen atoms in total. The van der Waals surface area contributed by atoms with E-state index in [9.17, 15) is 14.7 Å². The van der Waals surface area contributed by atoms with Crippen molar-refractivity contribution in [2.24, 2.45) is 5.10 Å². The molecule has 7 aromatic rings. The van der Waals surface area contributed by atoms with Gasteiger partial charge in [-0.15, -0.1) is 0 Å². The van der Waals surface area contributed by atoms with E-state index >= 15 is 0 Å². The second kappa shape index (κ2) is 15.9. The first kappa shape index (κ1) is 41.0. The fourth-order valence-corrected chi connectivity index (χ4v) is 10.7. The highest BCUT2D eigenvalue weighted by Gasteiger charge is 2.38. The van der Waals surface area contributed by atoms with E-state index in [4.69, 9.17) is 17.3 Å².